The number of carbonyl (C=O) groups excluding carboxylic acids is 2. The van der Waals surface area contributed by atoms with E-state index in [2.05, 4.69) is 18.3 Å². The molecule has 4 rings (SSSR count). The number of para-hydroxylation sites is 1. The Bertz CT molecular complexity index is 1280. The molecule has 1 atom stereocenters. The molecule has 0 saturated carbocycles. The van der Waals surface area contributed by atoms with Gasteiger partial charge in [-0.3, -0.25) is 14.5 Å². The van der Waals surface area contributed by atoms with Crippen molar-refractivity contribution >= 4 is 35.0 Å². The smallest absolute Gasteiger partial charge is 0.269 e. The number of benzene rings is 3. The van der Waals surface area contributed by atoms with Gasteiger partial charge in [0, 0.05) is 11.4 Å². The number of hydrogen-bond donors (Lipinski definition) is 1. The van der Waals surface area contributed by atoms with Gasteiger partial charge in [0.25, 0.3) is 5.91 Å². The summed E-state index contributed by atoms with van der Waals surface area (Å²) in [5, 5.41) is 12.8. The van der Waals surface area contributed by atoms with Crippen LogP contribution in [0.15, 0.2) is 89.5 Å². The van der Waals surface area contributed by atoms with Crippen molar-refractivity contribution in [2.24, 2.45) is 0 Å². The molecule has 0 radical (unpaired) electrons. The van der Waals surface area contributed by atoms with Crippen LogP contribution < -0.4 is 10.2 Å². The molecule has 0 bridgehead atoms. The molecule has 1 unspecified atom stereocenters. The van der Waals surface area contributed by atoms with Gasteiger partial charge in [-0.2, -0.15) is 5.26 Å². The van der Waals surface area contributed by atoms with Crippen molar-refractivity contribution in [3.05, 3.63) is 106 Å². The molecular formula is C28H25N3O2S. The van der Waals surface area contributed by atoms with Crippen molar-refractivity contribution in [3.8, 4) is 6.07 Å². The molecule has 1 heterocycles. The second-order valence-electron chi connectivity index (χ2n) is 8.05. The minimum atomic E-state index is -0.525. The molecule has 0 spiro atoms. The molecule has 0 aromatic heterocycles. The number of rotatable bonds is 6. The maximum Gasteiger partial charge on any atom is 0.269 e. The van der Waals surface area contributed by atoms with E-state index in [1.165, 1.54) is 16.7 Å². The molecule has 0 aliphatic carbocycles. The molecular weight excluding hydrogens is 442 g/mol. The van der Waals surface area contributed by atoms with Crippen LogP contribution in [0.1, 0.15) is 23.6 Å². The number of amides is 2. The minimum Gasteiger partial charge on any atom is -0.321 e. The van der Waals surface area contributed by atoms with Gasteiger partial charge in [-0.15, -0.1) is 0 Å². The Morgan fingerprint density at radius 2 is 1.68 bits per heavy atom. The first kappa shape index (κ1) is 23.3. The van der Waals surface area contributed by atoms with E-state index in [1.54, 1.807) is 6.07 Å². The standard InChI is InChI=1S/C28H25N3O2S/c1-3-20-13-15-22(16-14-20)31-27(33)25(17-21-10-5-4-6-11-21)34-28(31)23(18-29)26(32)30-24-12-8-7-9-19(24)2/h4-16,25H,3,17H2,1-2H3,(H,30,32)/b28-23-. The van der Waals surface area contributed by atoms with Crippen LogP contribution in [0, 0.1) is 18.3 Å². The molecule has 1 saturated heterocycles. The molecule has 6 heteroatoms. The van der Waals surface area contributed by atoms with E-state index >= 15 is 0 Å². The van der Waals surface area contributed by atoms with Crippen LogP contribution in [0.5, 0.6) is 0 Å². The highest BCUT2D eigenvalue weighted by Crippen LogP contribution is 2.42. The van der Waals surface area contributed by atoms with E-state index in [4.69, 9.17) is 0 Å². The average Bonchev–Trinajstić information content (AvgIpc) is 3.17. The zero-order valence-corrected chi connectivity index (χ0v) is 19.9. The summed E-state index contributed by atoms with van der Waals surface area (Å²) >= 11 is 1.27. The van der Waals surface area contributed by atoms with Gasteiger partial charge >= 0.3 is 0 Å². The number of nitrogens with zero attached hydrogens (tertiary/aromatic N) is 2. The van der Waals surface area contributed by atoms with Gasteiger partial charge in [0.2, 0.25) is 5.91 Å². The van der Waals surface area contributed by atoms with E-state index in [9.17, 15) is 14.9 Å². The molecule has 3 aromatic rings. The van der Waals surface area contributed by atoms with Crippen molar-refractivity contribution in [1.29, 1.82) is 5.26 Å². The molecule has 1 fully saturated rings. The highest BCUT2D eigenvalue weighted by atomic mass is 32.2. The highest BCUT2D eigenvalue weighted by molar-refractivity contribution is 8.05. The second-order valence-corrected chi connectivity index (χ2v) is 9.24. The van der Waals surface area contributed by atoms with Gasteiger partial charge in [0.05, 0.1) is 5.25 Å². The Balaban J connectivity index is 1.74. The lowest BCUT2D eigenvalue weighted by molar-refractivity contribution is -0.117. The average molecular weight is 468 g/mol. The first-order valence-corrected chi connectivity index (χ1v) is 12.0. The Morgan fingerprint density at radius 1 is 1.00 bits per heavy atom. The summed E-state index contributed by atoms with van der Waals surface area (Å²) in [6.45, 7) is 3.96. The number of hydrogen-bond acceptors (Lipinski definition) is 4. The Morgan fingerprint density at radius 3 is 2.32 bits per heavy atom. The fourth-order valence-electron chi connectivity index (χ4n) is 3.83. The first-order chi connectivity index (χ1) is 16.5. The maximum atomic E-state index is 13.6. The van der Waals surface area contributed by atoms with Crippen LogP contribution in [0.3, 0.4) is 0 Å². The molecule has 3 aromatic carbocycles. The summed E-state index contributed by atoms with van der Waals surface area (Å²) in [6, 6.07) is 26.9. The summed E-state index contributed by atoms with van der Waals surface area (Å²) in [5.41, 5.74) is 4.27. The lowest BCUT2D eigenvalue weighted by Gasteiger charge is -2.19. The number of nitriles is 1. The van der Waals surface area contributed by atoms with Crippen molar-refractivity contribution in [3.63, 3.8) is 0 Å². The summed E-state index contributed by atoms with van der Waals surface area (Å²) in [6.07, 6.45) is 1.39. The first-order valence-electron chi connectivity index (χ1n) is 11.2. The maximum absolute atomic E-state index is 13.6. The number of anilines is 2. The Hall–Kier alpha value is -3.82. The van der Waals surface area contributed by atoms with Gasteiger partial charge in [-0.05, 0) is 54.7 Å². The van der Waals surface area contributed by atoms with Gasteiger partial charge in [0.15, 0.2) is 0 Å². The van der Waals surface area contributed by atoms with E-state index < -0.39 is 11.2 Å². The quantitative estimate of drug-likeness (QED) is 0.377. The monoisotopic (exact) mass is 467 g/mol. The molecule has 1 aliphatic heterocycles. The molecule has 170 valence electrons. The van der Waals surface area contributed by atoms with Crippen molar-refractivity contribution in [2.75, 3.05) is 10.2 Å². The summed E-state index contributed by atoms with van der Waals surface area (Å²) in [4.78, 5) is 28.3. The van der Waals surface area contributed by atoms with Crippen LogP contribution in [-0.4, -0.2) is 17.1 Å². The van der Waals surface area contributed by atoms with Gasteiger partial charge in [-0.25, -0.2) is 0 Å². The van der Waals surface area contributed by atoms with Crippen LogP contribution in [0.25, 0.3) is 0 Å². The SMILES string of the molecule is CCc1ccc(N2C(=O)C(Cc3ccccc3)S/C2=C(/C#N)C(=O)Nc2ccccc2C)cc1. The zero-order valence-electron chi connectivity index (χ0n) is 19.1. The number of nitrogens with one attached hydrogen (secondary N) is 1. The third kappa shape index (κ3) is 4.90. The molecule has 2 amide bonds. The summed E-state index contributed by atoms with van der Waals surface area (Å²) < 4.78 is 0. The predicted octanol–water partition coefficient (Wildman–Crippen LogP) is 5.62. The molecule has 5 nitrogen and oxygen atoms in total. The fourth-order valence-corrected chi connectivity index (χ4v) is 5.14. The van der Waals surface area contributed by atoms with Crippen LogP contribution >= 0.6 is 11.8 Å². The molecule has 1 N–H and O–H groups in total. The lowest BCUT2D eigenvalue weighted by Crippen LogP contribution is -2.31. The van der Waals surface area contributed by atoms with Gasteiger partial charge < -0.3 is 5.32 Å². The van der Waals surface area contributed by atoms with Crippen molar-refractivity contribution in [1.82, 2.24) is 0 Å². The minimum absolute atomic E-state index is 0.0725. The van der Waals surface area contributed by atoms with Crippen LogP contribution in [0.2, 0.25) is 0 Å². The van der Waals surface area contributed by atoms with E-state index in [-0.39, 0.29) is 11.5 Å². The predicted molar refractivity (Wildman–Crippen MR) is 137 cm³/mol. The number of thioether (sulfide) groups is 1. The van der Waals surface area contributed by atoms with Gasteiger partial charge in [-0.1, -0.05) is 79.3 Å². The fraction of sp³-hybridized carbons (Fsp3) is 0.179. The molecule has 34 heavy (non-hydrogen) atoms. The molecule has 1 aliphatic rings. The van der Waals surface area contributed by atoms with Crippen molar-refractivity contribution in [2.45, 2.75) is 31.9 Å². The van der Waals surface area contributed by atoms with E-state index in [0.717, 1.165) is 23.1 Å². The summed E-state index contributed by atoms with van der Waals surface area (Å²) in [7, 11) is 0. The summed E-state index contributed by atoms with van der Waals surface area (Å²) in [5.74, 6) is -0.660. The highest BCUT2D eigenvalue weighted by Gasteiger charge is 2.40. The van der Waals surface area contributed by atoms with Crippen LogP contribution in [0.4, 0.5) is 11.4 Å². The van der Waals surface area contributed by atoms with Crippen LogP contribution in [-0.2, 0) is 22.4 Å². The third-order valence-corrected chi connectivity index (χ3v) is 7.03. The topological polar surface area (TPSA) is 73.2 Å². The number of aryl methyl sites for hydroxylation is 2. The largest absolute Gasteiger partial charge is 0.321 e. The van der Waals surface area contributed by atoms with Gasteiger partial charge in [0.1, 0.15) is 16.7 Å². The Labute approximate surface area is 204 Å². The third-order valence-electron chi connectivity index (χ3n) is 5.77. The Kier molecular flexibility index (Phi) is 7.15. The van der Waals surface area contributed by atoms with E-state index in [1.807, 2.05) is 79.7 Å². The van der Waals surface area contributed by atoms with E-state index in [0.29, 0.717) is 22.8 Å². The zero-order chi connectivity index (χ0) is 24.1. The number of carbonyl (C=O) groups is 2. The van der Waals surface area contributed by atoms with Crippen molar-refractivity contribution < 1.29 is 9.59 Å². The lowest BCUT2D eigenvalue weighted by atomic mass is 10.1. The normalized spacial score (nSPS) is 16.8. The second kappa shape index (κ2) is 10.4.